The van der Waals surface area contributed by atoms with Gasteiger partial charge in [-0.3, -0.25) is 5.21 Å². The van der Waals surface area contributed by atoms with Crippen molar-refractivity contribution in [3.63, 3.8) is 0 Å². The molecule has 0 saturated carbocycles. The molecule has 1 rings (SSSR count). The topological polar surface area (TPSA) is 68.1 Å². The highest BCUT2D eigenvalue weighted by Gasteiger charge is 1.97. The molecule has 0 atom stereocenters. The minimum Gasteiger partial charge on any atom is -0.505 e. The van der Waals surface area contributed by atoms with Gasteiger partial charge in [-0.1, -0.05) is 0 Å². The normalized spacial score (nSPS) is 17.6. The second kappa shape index (κ2) is 1.71. The first kappa shape index (κ1) is 4.92. The molecular formula is C3H5N3O2. The van der Waals surface area contributed by atoms with Crippen molar-refractivity contribution < 1.29 is 10.3 Å². The summed E-state index contributed by atoms with van der Waals surface area (Å²) in [6, 6.07) is 0. The van der Waals surface area contributed by atoms with Crippen molar-refractivity contribution in [2.24, 2.45) is 5.10 Å². The average Bonchev–Trinajstić information content (AvgIpc) is 1.64. The van der Waals surface area contributed by atoms with Gasteiger partial charge in [0.2, 0.25) is 0 Å². The predicted molar refractivity (Wildman–Crippen MR) is 26.0 cm³/mol. The standard InChI is InChI=1S/C3H5N3O2/c7-3-1-4-5-6(8)2-3/h1-2,5,7-8H. The van der Waals surface area contributed by atoms with Crippen LogP contribution >= 0.6 is 0 Å². The van der Waals surface area contributed by atoms with Crippen LogP contribution in [0.3, 0.4) is 0 Å². The van der Waals surface area contributed by atoms with Crippen LogP contribution in [-0.4, -0.2) is 21.7 Å². The van der Waals surface area contributed by atoms with Crippen LogP contribution in [0.2, 0.25) is 0 Å². The summed E-state index contributed by atoms with van der Waals surface area (Å²) in [5.41, 5.74) is 2.13. The molecule has 8 heavy (non-hydrogen) atoms. The van der Waals surface area contributed by atoms with Gasteiger partial charge in [0.05, 0.1) is 12.4 Å². The zero-order valence-electron chi connectivity index (χ0n) is 3.94. The number of aliphatic hydroxyl groups is 1. The van der Waals surface area contributed by atoms with Crippen LogP contribution in [0.15, 0.2) is 17.1 Å². The van der Waals surface area contributed by atoms with E-state index in [-0.39, 0.29) is 5.76 Å². The Kier molecular flexibility index (Phi) is 1.05. The number of hydrogen-bond donors (Lipinski definition) is 3. The van der Waals surface area contributed by atoms with Gasteiger partial charge in [-0.05, 0) is 0 Å². The van der Waals surface area contributed by atoms with Crippen LogP contribution in [0.25, 0.3) is 0 Å². The molecule has 0 fully saturated rings. The molecule has 0 aromatic carbocycles. The van der Waals surface area contributed by atoms with Crippen molar-refractivity contribution in [1.29, 1.82) is 0 Å². The minimum atomic E-state index is -0.0914. The molecule has 0 amide bonds. The van der Waals surface area contributed by atoms with Gasteiger partial charge in [0.25, 0.3) is 0 Å². The Morgan fingerprint density at radius 3 is 2.88 bits per heavy atom. The monoisotopic (exact) mass is 115 g/mol. The van der Waals surface area contributed by atoms with Crippen molar-refractivity contribution in [1.82, 2.24) is 10.7 Å². The van der Waals surface area contributed by atoms with Crippen LogP contribution in [-0.2, 0) is 0 Å². The number of nitrogens with zero attached hydrogens (tertiary/aromatic N) is 2. The largest absolute Gasteiger partial charge is 0.505 e. The summed E-state index contributed by atoms with van der Waals surface area (Å²) in [6.45, 7) is 0. The summed E-state index contributed by atoms with van der Waals surface area (Å²) in [4.78, 5) is 0. The van der Waals surface area contributed by atoms with Crippen molar-refractivity contribution >= 4 is 6.21 Å². The molecule has 1 aliphatic rings. The first-order valence-electron chi connectivity index (χ1n) is 1.96. The van der Waals surface area contributed by atoms with Crippen LogP contribution in [0, 0.1) is 0 Å². The van der Waals surface area contributed by atoms with E-state index in [1.165, 1.54) is 6.21 Å². The van der Waals surface area contributed by atoms with Crippen molar-refractivity contribution in [2.45, 2.75) is 0 Å². The SMILES string of the molecule is OC1=CN(O)NN=C1. The predicted octanol–water partition coefficient (Wildman–Crippen LogP) is -0.419. The highest BCUT2D eigenvalue weighted by molar-refractivity contribution is 5.75. The van der Waals surface area contributed by atoms with E-state index in [0.29, 0.717) is 5.17 Å². The van der Waals surface area contributed by atoms with E-state index in [1.54, 1.807) is 0 Å². The Hall–Kier alpha value is -1.23. The van der Waals surface area contributed by atoms with E-state index >= 15 is 0 Å². The average molecular weight is 115 g/mol. The first-order valence-corrected chi connectivity index (χ1v) is 1.96. The Balaban J connectivity index is 2.63. The van der Waals surface area contributed by atoms with Crippen molar-refractivity contribution in [2.75, 3.05) is 0 Å². The fraction of sp³-hybridized carbons (Fsp3) is 0. The maximum atomic E-state index is 8.55. The van der Waals surface area contributed by atoms with E-state index in [2.05, 4.69) is 10.6 Å². The number of rotatable bonds is 0. The number of hydrazine groups is 1. The lowest BCUT2D eigenvalue weighted by molar-refractivity contribution is -0.0920. The third-order valence-corrected chi connectivity index (χ3v) is 0.612. The fourth-order valence-electron chi connectivity index (χ4n) is 0.342. The van der Waals surface area contributed by atoms with E-state index in [9.17, 15) is 0 Å². The molecule has 0 aromatic heterocycles. The molecule has 0 saturated heterocycles. The molecule has 0 bridgehead atoms. The highest BCUT2D eigenvalue weighted by Crippen LogP contribution is 1.89. The van der Waals surface area contributed by atoms with Gasteiger partial charge in [-0.15, -0.1) is 0 Å². The van der Waals surface area contributed by atoms with Gasteiger partial charge in [-0.25, -0.2) is 0 Å². The number of aliphatic hydroxyl groups excluding tert-OH is 1. The van der Waals surface area contributed by atoms with Gasteiger partial charge in [0.1, 0.15) is 0 Å². The zero-order chi connectivity index (χ0) is 5.98. The fourth-order valence-corrected chi connectivity index (χ4v) is 0.342. The van der Waals surface area contributed by atoms with Crippen LogP contribution in [0.4, 0.5) is 0 Å². The Morgan fingerprint density at radius 1 is 1.75 bits per heavy atom. The second-order valence-corrected chi connectivity index (χ2v) is 1.26. The van der Waals surface area contributed by atoms with E-state index < -0.39 is 0 Å². The quantitative estimate of drug-likeness (QED) is 0.401. The highest BCUT2D eigenvalue weighted by atomic mass is 16.5. The molecule has 5 nitrogen and oxygen atoms in total. The summed E-state index contributed by atoms with van der Waals surface area (Å²) in [6.07, 6.45) is 2.25. The Labute approximate surface area is 45.5 Å². The minimum absolute atomic E-state index is 0.0914. The molecule has 44 valence electrons. The lowest BCUT2D eigenvalue weighted by atomic mass is 10.6. The third-order valence-electron chi connectivity index (χ3n) is 0.612. The summed E-state index contributed by atoms with van der Waals surface area (Å²) >= 11 is 0. The number of hydroxylamine groups is 1. The third kappa shape index (κ3) is 0.881. The molecule has 5 heteroatoms. The lowest BCUT2D eigenvalue weighted by Gasteiger charge is -2.12. The summed E-state index contributed by atoms with van der Waals surface area (Å²) < 4.78 is 0. The van der Waals surface area contributed by atoms with E-state index in [0.717, 1.165) is 6.20 Å². The maximum Gasteiger partial charge on any atom is 0.156 e. The van der Waals surface area contributed by atoms with Gasteiger partial charge < -0.3 is 5.11 Å². The second-order valence-electron chi connectivity index (χ2n) is 1.26. The van der Waals surface area contributed by atoms with Gasteiger partial charge in [-0.2, -0.15) is 15.8 Å². The van der Waals surface area contributed by atoms with Gasteiger partial charge in [0, 0.05) is 0 Å². The molecule has 0 radical (unpaired) electrons. The van der Waals surface area contributed by atoms with Crippen molar-refractivity contribution in [3.8, 4) is 0 Å². The van der Waals surface area contributed by atoms with Gasteiger partial charge >= 0.3 is 0 Å². The summed E-state index contributed by atoms with van der Waals surface area (Å²) in [5, 5.41) is 20.9. The zero-order valence-corrected chi connectivity index (χ0v) is 3.94. The Bertz CT molecular complexity index is 141. The Morgan fingerprint density at radius 2 is 2.50 bits per heavy atom. The molecule has 0 aromatic rings. The molecule has 1 aliphatic heterocycles. The molecule has 0 spiro atoms. The molecule has 1 heterocycles. The molecule has 3 N–H and O–H groups in total. The van der Waals surface area contributed by atoms with Crippen molar-refractivity contribution in [3.05, 3.63) is 12.0 Å². The van der Waals surface area contributed by atoms with Crippen LogP contribution in [0.5, 0.6) is 0 Å². The number of hydrogen-bond acceptors (Lipinski definition) is 5. The maximum absolute atomic E-state index is 8.55. The number of allylic oxidation sites excluding steroid dienone is 1. The number of nitrogens with one attached hydrogen (secondary N) is 1. The molecule has 0 unspecified atom stereocenters. The summed E-state index contributed by atoms with van der Waals surface area (Å²) in [5.74, 6) is -0.0914. The summed E-state index contributed by atoms with van der Waals surface area (Å²) in [7, 11) is 0. The number of hydrazone groups is 1. The van der Waals surface area contributed by atoms with Crippen LogP contribution in [0.1, 0.15) is 0 Å². The molecule has 0 aliphatic carbocycles. The van der Waals surface area contributed by atoms with Crippen LogP contribution < -0.4 is 5.53 Å². The van der Waals surface area contributed by atoms with E-state index in [1.807, 2.05) is 0 Å². The van der Waals surface area contributed by atoms with Gasteiger partial charge in [0.15, 0.2) is 5.76 Å². The lowest BCUT2D eigenvalue weighted by Crippen LogP contribution is -2.28. The smallest absolute Gasteiger partial charge is 0.156 e. The van der Waals surface area contributed by atoms with E-state index in [4.69, 9.17) is 10.3 Å². The first-order chi connectivity index (χ1) is 3.79. The molecular weight excluding hydrogens is 110 g/mol.